The molecular formula is C25H32N4O7. The van der Waals surface area contributed by atoms with Crippen LogP contribution in [0.15, 0.2) is 18.2 Å². The van der Waals surface area contributed by atoms with E-state index >= 15 is 0 Å². The number of amides is 5. The number of imide groups is 2. The predicted octanol–water partition coefficient (Wildman–Crippen LogP) is 0.522. The summed E-state index contributed by atoms with van der Waals surface area (Å²) in [7, 11) is 0. The Morgan fingerprint density at radius 2 is 1.83 bits per heavy atom. The van der Waals surface area contributed by atoms with Gasteiger partial charge >= 0.3 is 0 Å². The van der Waals surface area contributed by atoms with Gasteiger partial charge in [-0.3, -0.25) is 34.2 Å². The molecule has 2 fully saturated rings. The molecule has 2 saturated heterocycles. The maximum Gasteiger partial charge on any atom is 0.266 e. The number of carbonyl (C=O) groups excluding carboxylic acids is 5. The predicted molar refractivity (Wildman–Crippen MR) is 127 cm³/mol. The summed E-state index contributed by atoms with van der Waals surface area (Å²) in [4.78, 5) is 62.7. The van der Waals surface area contributed by atoms with E-state index in [1.54, 1.807) is 6.07 Å². The molecule has 3 heterocycles. The molecular weight excluding hydrogens is 468 g/mol. The van der Waals surface area contributed by atoms with Gasteiger partial charge in [-0.25, -0.2) is 0 Å². The van der Waals surface area contributed by atoms with Crippen LogP contribution < -0.4 is 20.7 Å². The monoisotopic (exact) mass is 500 g/mol. The molecule has 36 heavy (non-hydrogen) atoms. The van der Waals surface area contributed by atoms with Crippen LogP contribution in [0.25, 0.3) is 0 Å². The summed E-state index contributed by atoms with van der Waals surface area (Å²) in [5.41, 5.74) is 0.128. The molecule has 11 heteroatoms. The van der Waals surface area contributed by atoms with Crippen molar-refractivity contribution in [3.05, 3.63) is 29.3 Å². The highest BCUT2D eigenvalue weighted by molar-refractivity contribution is 6.24. The first-order chi connectivity index (χ1) is 17.5. The molecule has 1 atom stereocenters. The molecule has 0 aliphatic carbocycles. The fraction of sp³-hybridized carbons (Fsp3) is 0.560. The number of hydrogen-bond acceptors (Lipinski definition) is 8. The molecule has 1 unspecified atom stereocenters. The Bertz CT molecular complexity index is 1020. The molecule has 1 aromatic rings. The smallest absolute Gasteiger partial charge is 0.266 e. The molecule has 1 aromatic carbocycles. The second-order valence-corrected chi connectivity index (χ2v) is 9.15. The van der Waals surface area contributed by atoms with Crippen LogP contribution in [0.4, 0.5) is 0 Å². The lowest BCUT2D eigenvalue weighted by Crippen LogP contribution is -2.54. The van der Waals surface area contributed by atoms with E-state index in [2.05, 4.69) is 16.0 Å². The van der Waals surface area contributed by atoms with Crippen molar-refractivity contribution in [1.29, 1.82) is 0 Å². The summed E-state index contributed by atoms with van der Waals surface area (Å²) in [6, 6.07) is 3.48. The van der Waals surface area contributed by atoms with Crippen molar-refractivity contribution < 1.29 is 33.4 Å². The van der Waals surface area contributed by atoms with Gasteiger partial charge in [-0.15, -0.1) is 0 Å². The zero-order valence-electron chi connectivity index (χ0n) is 20.2. The Hall–Kier alpha value is -3.31. The summed E-state index contributed by atoms with van der Waals surface area (Å²) in [5.74, 6) is -2.65. The molecule has 3 aliphatic heterocycles. The number of unbranched alkanes of at least 4 members (excludes halogenated alkanes) is 2. The first-order valence-electron chi connectivity index (χ1n) is 12.5. The van der Waals surface area contributed by atoms with E-state index < -0.39 is 29.7 Å². The molecule has 0 aromatic heterocycles. The number of ether oxygens (including phenoxy) is 2. The molecule has 0 bridgehead atoms. The first kappa shape index (κ1) is 25.8. The van der Waals surface area contributed by atoms with E-state index in [0.29, 0.717) is 12.6 Å². The number of rotatable bonds is 11. The van der Waals surface area contributed by atoms with Crippen LogP contribution in [-0.2, 0) is 19.1 Å². The van der Waals surface area contributed by atoms with Crippen LogP contribution in [-0.4, -0.2) is 79.4 Å². The average molecular weight is 501 g/mol. The highest BCUT2D eigenvalue weighted by Gasteiger charge is 2.46. The van der Waals surface area contributed by atoms with Crippen molar-refractivity contribution in [3.63, 3.8) is 0 Å². The number of fused-ring (bicyclic) bond motifs is 1. The Morgan fingerprint density at radius 1 is 1.03 bits per heavy atom. The second-order valence-electron chi connectivity index (χ2n) is 9.15. The lowest BCUT2D eigenvalue weighted by atomic mass is 10.0. The minimum Gasteiger partial charge on any atom is -0.483 e. The highest BCUT2D eigenvalue weighted by atomic mass is 16.5. The quantitative estimate of drug-likeness (QED) is 0.295. The van der Waals surface area contributed by atoms with E-state index in [1.807, 2.05) is 0 Å². The molecule has 3 aliphatic rings. The maximum absolute atomic E-state index is 13.0. The third kappa shape index (κ3) is 6.08. The van der Waals surface area contributed by atoms with E-state index in [1.165, 1.54) is 12.1 Å². The molecule has 0 spiro atoms. The molecule has 5 amide bonds. The fourth-order valence-corrected chi connectivity index (χ4v) is 4.64. The van der Waals surface area contributed by atoms with Crippen molar-refractivity contribution in [2.75, 3.05) is 32.8 Å². The van der Waals surface area contributed by atoms with Gasteiger partial charge in [-0.2, -0.15) is 0 Å². The summed E-state index contributed by atoms with van der Waals surface area (Å²) in [6.07, 6.45) is 5.25. The first-order valence-corrected chi connectivity index (χ1v) is 12.5. The van der Waals surface area contributed by atoms with Crippen LogP contribution >= 0.6 is 0 Å². The van der Waals surface area contributed by atoms with E-state index in [0.717, 1.165) is 56.7 Å². The average Bonchev–Trinajstić information content (AvgIpc) is 3.13. The number of benzene rings is 1. The van der Waals surface area contributed by atoms with Gasteiger partial charge in [-0.1, -0.05) is 6.07 Å². The number of nitrogens with zero attached hydrogens (tertiary/aromatic N) is 1. The lowest BCUT2D eigenvalue weighted by molar-refractivity contribution is -0.136. The van der Waals surface area contributed by atoms with Crippen molar-refractivity contribution in [2.24, 2.45) is 0 Å². The SMILES string of the molecule is O=C(COc1cccc2c1C(=O)N(C1CCC(=O)NC1=O)C2=O)NCCCCCOC1CCNCC1. The van der Waals surface area contributed by atoms with E-state index in [4.69, 9.17) is 9.47 Å². The normalized spacial score (nSPS) is 20.3. The summed E-state index contributed by atoms with van der Waals surface area (Å²) in [6.45, 7) is 2.93. The van der Waals surface area contributed by atoms with Gasteiger partial charge < -0.3 is 20.1 Å². The van der Waals surface area contributed by atoms with Crippen molar-refractivity contribution in [3.8, 4) is 5.75 Å². The molecule has 11 nitrogen and oxygen atoms in total. The topological polar surface area (TPSA) is 143 Å². The number of nitrogens with one attached hydrogen (secondary N) is 3. The van der Waals surface area contributed by atoms with Gasteiger partial charge in [0, 0.05) is 19.6 Å². The zero-order valence-corrected chi connectivity index (χ0v) is 20.2. The van der Waals surface area contributed by atoms with Gasteiger partial charge in [-0.05, 0) is 63.7 Å². The Labute approximate surface area is 209 Å². The minimum absolute atomic E-state index is 0.0220. The van der Waals surface area contributed by atoms with Crippen LogP contribution in [0.3, 0.4) is 0 Å². The maximum atomic E-state index is 13.0. The molecule has 194 valence electrons. The zero-order chi connectivity index (χ0) is 25.5. The van der Waals surface area contributed by atoms with Gasteiger partial charge in [0.05, 0.1) is 17.2 Å². The lowest BCUT2D eigenvalue weighted by Gasteiger charge is -2.27. The van der Waals surface area contributed by atoms with E-state index in [-0.39, 0.29) is 42.2 Å². The van der Waals surface area contributed by atoms with Crippen LogP contribution in [0.2, 0.25) is 0 Å². The van der Waals surface area contributed by atoms with Crippen molar-refractivity contribution >= 4 is 29.5 Å². The number of piperidine rings is 2. The number of carbonyl (C=O) groups is 5. The van der Waals surface area contributed by atoms with Crippen LogP contribution in [0.5, 0.6) is 5.75 Å². The highest BCUT2D eigenvalue weighted by Crippen LogP contribution is 2.33. The fourth-order valence-electron chi connectivity index (χ4n) is 4.64. The summed E-state index contributed by atoms with van der Waals surface area (Å²) in [5, 5.41) is 8.26. The third-order valence-electron chi connectivity index (χ3n) is 6.57. The summed E-state index contributed by atoms with van der Waals surface area (Å²) < 4.78 is 11.4. The van der Waals surface area contributed by atoms with Gasteiger partial charge in [0.15, 0.2) is 6.61 Å². The summed E-state index contributed by atoms with van der Waals surface area (Å²) >= 11 is 0. The van der Waals surface area contributed by atoms with Gasteiger partial charge in [0.2, 0.25) is 11.8 Å². The van der Waals surface area contributed by atoms with E-state index in [9.17, 15) is 24.0 Å². The third-order valence-corrected chi connectivity index (χ3v) is 6.57. The van der Waals surface area contributed by atoms with Gasteiger partial charge in [0.25, 0.3) is 17.7 Å². The largest absolute Gasteiger partial charge is 0.483 e. The van der Waals surface area contributed by atoms with Crippen LogP contribution in [0, 0.1) is 0 Å². The molecule has 0 saturated carbocycles. The molecule has 0 radical (unpaired) electrons. The minimum atomic E-state index is -1.06. The second kappa shape index (κ2) is 12.1. The number of hydrogen-bond donors (Lipinski definition) is 3. The van der Waals surface area contributed by atoms with Crippen LogP contribution in [0.1, 0.15) is 65.7 Å². The van der Waals surface area contributed by atoms with Gasteiger partial charge in [0.1, 0.15) is 11.8 Å². The van der Waals surface area contributed by atoms with Crippen molar-refractivity contribution in [1.82, 2.24) is 20.9 Å². The molecule has 4 rings (SSSR count). The molecule has 3 N–H and O–H groups in total. The van der Waals surface area contributed by atoms with Crippen molar-refractivity contribution in [2.45, 2.75) is 57.1 Å². The Morgan fingerprint density at radius 3 is 2.61 bits per heavy atom. The Balaban J connectivity index is 1.21. The Kier molecular flexibility index (Phi) is 8.65. The standard InChI is InChI=1S/C25H32N4O7/c30-20-8-7-18(23(32)28-20)29-24(33)17-5-4-6-19(22(17)25(29)34)36-15-21(31)27-11-2-1-3-14-35-16-9-12-26-13-10-16/h4-6,16,18,26H,1-3,7-15H2,(H,27,31)(H,28,30,32).